The summed E-state index contributed by atoms with van der Waals surface area (Å²) in [6.07, 6.45) is 1.86. The maximum atomic E-state index is 4.25. The molecule has 1 aromatic carbocycles. The molecule has 1 N–H and O–H groups in total. The number of nitrogens with one attached hydrogen (secondary N) is 1. The molecule has 0 spiro atoms. The topological polar surface area (TPSA) is 24.9 Å². The predicted octanol–water partition coefficient (Wildman–Crippen LogP) is 2.59. The van der Waals surface area contributed by atoms with Crippen molar-refractivity contribution in [2.24, 2.45) is 0 Å². The first-order chi connectivity index (χ1) is 6.90. The van der Waals surface area contributed by atoms with Gasteiger partial charge in [0.2, 0.25) is 0 Å². The lowest BCUT2D eigenvalue weighted by Crippen LogP contribution is -1.90. The van der Waals surface area contributed by atoms with Crippen LogP contribution in [0.5, 0.6) is 0 Å². The number of benzene rings is 1. The first-order valence-electron chi connectivity index (χ1n) is 4.50. The zero-order chi connectivity index (χ0) is 9.80. The van der Waals surface area contributed by atoms with Gasteiger partial charge in [0.25, 0.3) is 0 Å². The zero-order valence-electron chi connectivity index (χ0n) is 7.99. The molecule has 0 saturated heterocycles. The number of rotatable bonds is 2. The Kier molecular flexibility index (Phi) is 2.45. The van der Waals surface area contributed by atoms with E-state index >= 15 is 0 Å². The van der Waals surface area contributed by atoms with E-state index in [0.29, 0.717) is 0 Å². The van der Waals surface area contributed by atoms with E-state index in [9.17, 15) is 0 Å². The Hall–Kier alpha value is -1.83. The monoisotopic (exact) mass is 183 g/mol. The summed E-state index contributed by atoms with van der Waals surface area (Å²) in [5.41, 5.74) is 2.25. The van der Waals surface area contributed by atoms with Crippen LogP contribution in [0, 0.1) is 6.07 Å². The molecule has 0 unspecified atom stereocenters. The highest BCUT2D eigenvalue weighted by atomic mass is 14.9. The van der Waals surface area contributed by atoms with Crippen LogP contribution in [0.1, 0.15) is 0 Å². The molecule has 0 saturated carbocycles. The summed E-state index contributed by atoms with van der Waals surface area (Å²) >= 11 is 0. The van der Waals surface area contributed by atoms with Crippen molar-refractivity contribution in [2.45, 2.75) is 0 Å². The summed E-state index contributed by atoms with van der Waals surface area (Å²) in [7, 11) is 1.86. The van der Waals surface area contributed by atoms with Crippen molar-refractivity contribution in [1.29, 1.82) is 0 Å². The van der Waals surface area contributed by atoms with Crippen molar-refractivity contribution in [1.82, 2.24) is 4.98 Å². The number of hydrogen-bond acceptors (Lipinski definition) is 2. The van der Waals surface area contributed by atoms with Crippen molar-refractivity contribution in [3.8, 4) is 11.1 Å². The second kappa shape index (κ2) is 3.92. The van der Waals surface area contributed by atoms with E-state index in [2.05, 4.69) is 16.4 Å². The van der Waals surface area contributed by atoms with Gasteiger partial charge in [0.05, 0.1) is 0 Å². The van der Waals surface area contributed by atoms with Gasteiger partial charge in [0.1, 0.15) is 5.82 Å². The second-order valence-electron chi connectivity index (χ2n) is 2.97. The Labute approximate surface area is 83.6 Å². The van der Waals surface area contributed by atoms with E-state index in [1.54, 1.807) is 0 Å². The fourth-order valence-electron chi connectivity index (χ4n) is 1.29. The van der Waals surface area contributed by atoms with Crippen LogP contribution in [0.25, 0.3) is 11.1 Å². The number of pyridine rings is 1. The first-order valence-corrected chi connectivity index (χ1v) is 4.50. The van der Waals surface area contributed by atoms with Crippen LogP contribution in [0.4, 0.5) is 5.82 Å². The molecule has 0 aliphatic carbocycles. The Bertz CT molecular complexity index is 392. The molecular weight excluding hydrogens is 172 g/mol. The molecule has 2 nitrogen and oxygen atoms in total. The molecule has 0 bridgehead atoms. The molecular formula is C12H11N2. The molecule has 0 amide bonds. The number of anilines is 1. The number of aromatic nitrogens is 1. The van der Waals surface area contributed by atoms with E-state index in [1.165, 1.54) is 0 Å². The van der Waals surface area contributed by atoms with Crippen LogP contribution in [-0.2, 0) is 0 Å². The Morgan fingerprint density at radius 1 is 1.21 bits per heavy atom. The van der Waals surface area contributed by atoms with Crippen molar-refractivity contribution in [3.05, 3.63) is 48.7 Å². The lowest BCUT2D eigenvalue weighted by atomic mass is 10.1. The summed E-state index contributed by atoms with van der Waals surface area (Å²) in [5, 5.41) is 2.99. The van der Waals surface area contributed by atoms with Gasteiger partial charge in [-0.2, -0.15) is 0 Å². The lowest BCUT2D eigenvalue weighted by Gasteiger charge is -2.02. The average molecular weight is 183 g/mol. The molecule has 0 aliphatic rings. The minimum atomic E-state index is 0.883. The fourth-order valence-corrected chi connectivity index (χ4v) is 1.29. The molecule has 0 aliphatic heterocycles. The standard InChI is InChI=1S/C12H11N2/c1-13-12-8-7-11(9-14-12)10-5-3-2-4-6-10/h2-3,5-9H,1H3,(H,13,14). The molecule has 2 rings (SSSR count). The summed E-state index contributed by atoms with van der Waals surface area (Å²) < 4.78 is 0. The maximum Gasteiger partial charge on any atom is 0.125 e. The zero-order valence-corrected chi connectivity index (χ0v) is 7.99. The van der Waals surface area contributed by atoms with Gasteiger partial charge in [0, 0.05) is 18.8 Å². The van der Waals surface area contributed by atoms with E-state index in [1.807, 2.05) is 49.6 Å². The van der Waals surface area contributed by atoms with Crippen LogP contribution in [0.15, 0.2) is 42.6 Å². The molecule has 69 valence electrons. The molecule has 0 atom stereocenters. The van der Waals surface area contributed by atoms with Crippen molar-refractivity contribution < 1.29 is 0 Å². The summed E-state index contributed by atoms with van der Waals surface area (Å²) in [6, 6.07) is 14.9. The van der Waals surface area contributed by atoms with E-state index in [-0.39, 0.29) is 0 Å². The summed E-state index contributed by atoms with van der Waals surface area (Å²) in [4.78, 5) is 4.25. The van der Waals surface area contributed by atoms with Crippen LogP contribution in [-0.4, -0.2) is 12.0 Å². The SMILES string of the molecule is CNc1ccc(-c2c[c]ccc2)cn1. The quantitative estimate of drug-likeness (QED) is 0.774. The molecule has 1 radical (unpaired) electrons. The highest BCUT2D eigenvalue weighted by Crippen LogP contribution is 2.18. The normalized spacial score (nSPS) is 9.79. The van der Waals surface area contributed by atoms with Gasteiger partial charge < -0.3 is 5.32 Å². The van der Waals surface area contributed by atoms with Gasteiger partial charge in [-0.1, -0.05) is 18.2 Å². The predicted molar refractivity (Wildman–Crippen MR) is 58.1 cm³/mol. The minimum absolute atomic E-state index is 0.883. The minimum Gasteiger partial charge on any atom is -0.373 e. The van der Waals surface area contributed by atoms with Crippen LogP contribution < -0.4 is 5.32 Å². The van der Waals surface area contributed by atoms with Crippen LogP contribution in [0.3, 0.4) is 0 Å². The van der Waals surface area contributed by atoms with Crippen molar-refractivity contribution >= 4 is 5.82 Å². The first kappa shape index (κ1) is 8.75. The largest absolute Gasteiger partial charge is 0.373 e. The highest BCUT2D eigenvalue weighted by molar-refractivity contribution is 5.63. The van der Waals surface area contributed by atoms with E-state index in [0.717, 1.165) is 16.9 Å². The Balaban J connectivity index is 2.34. The smallest absolute Gasteiger partial charge is 0.125 e. The Morgan fingerprint density at radius 2 is 2.14 bits per heavy atom. The molecule has 1 heterocycles. The summed E-state index contributed by atoms with van der Waals surface area (Å²) in [5.74, 6) is 0.883. The molecule has 14 heavy (non-hydrogen) atoms. The maximum absolute atomic E-state index is 4.25. The molecule has 0 fully saturated rings. The third kappa shape index (κ3) is 1.74. The van der Waals surface area contributed by atoms with Gasteiger partial charge in [-0.15, -0.1) is 0 Å². The third-order valence-electron chi connectivity index (χ3n) is 2.06. The van der Waals surface area contributed by atoms with Gasteiger partial charge in [0.15, 0.2) is 0 Å². The van der Waals surface area contributed by atoms with Crippen molar-refractivity contribution in [3.63, 3.8) is 0 Å². The fraction of sp³-hybridized carbons (Fsp3) is 0.0833. The lowest BCUT2D eigenvalue weighted by molar-refractivity contribution is 1.29. The van der Waals surface area contributed by atoms with Crippen LogP contribution >= 0.6 is 0 Å². The highest BCUT2D eigenvalue weighted by Gasteiger charge is 1.96. The number of hydrogen-bond donors (Lipinski definition) is 1. The summed E-state index contributed by atoms with van der Waals surface area (Å²) in [6.45, 7) is 0. The molecule has 2 aromatic rings. The van der Waals surface area contributed by atoms with E-state index in [4.69, 9.17) is 0 Å². The van der Waals surface area contributed by atoms with Gasteiger partial charge >= 0.3 is 0 Å². The second-order valence-corrected chi connectivity index (χ2v) is 2.97. The van der Waals surface area contributed by atoms with Gasteiger partial charge in [-0.25, -0.2) is 4.98 Å². The van der Waals surface area contributed by atoms with E-state index < -0.39 is 0 Å². The van der Waals surface area contributed by atoms with Crippen molar-refractivity contribution in [2.75, 3.05) is 12.4 Å². The van der Waals surface area contributed by atoms with Gasteiger partial charge in [-0.3, -0.25) is 0 Å². The van der Waals surface area contributed by atoms with Gasteiger partial charge in [-0.05, 0) is 29.8 Å². The Morgan fingerprint density at radius 3 is 2.71 bits per heavy atom. The van der Waals surface area contributed by atoms with Crippen LogP contribution in [0.2, 0.25) is 0 Å². The molecule has 2 heteroatoms. The third-order valence-corrected chi connectivity index (χ3v) is 2.06. The molecule has 1 aromatic heterocycles. The average Bonchev–Trinajstić information content (AvgIpc) is 2.30. The number of nitrogens with zero attached hydrogens (tertiary/aromatic N) is 1.